The largest absolute Gasteiger partial charge is 0.480 e. The summed E-state index contributed by atoms with van der Waals surface area (Å²) in [5.41, 5.74) is 1.64. The van der Waals surface area contributed by atoms with E-state index in [1.165, 1.54) is 7.11 Å². The normalized spacial score (nSPS) is 10.0. The summed E-state index contributed by atoms with van der Waals surface area (Å²) in [7, 11) is 3.05. The molecule has 0 saturated heterocycles. The van der Waals surface area contributed by atoms with Crippen LogP contribution in [0.25, 0.3) is 11.1 Å². The molecule has 6 nitrogen and oxygen atoms in total. The third-order valence-electron chi connectivity index (χ3n) is 1.92. The van der Waals surface area contributed by atoms with Gasteiger partial charge in [-0.3, -0.25) is 5.10 Å². The van der Waals surface area contributed by atoms with E-state index in [-0.39, 0.29) is 6.01 Å². The number of ether oxygens (including phenoxy) is 2. The van der Waals surface area contributed by atoms with Gasteiger partial charge in [-0.15, -0.1) is 0 Å². The highest BCUT2D eigenvalue weighted by Crippen LogP contribution is 2.27. The SMILES string of the molecule is COc1ncc(-c2cn[nH]c2)c(OC)n1. The Morgan fingerprint density at radius 3 is 2.67 bits per heavy atom. The van der Waals surface area contributed by atoms with Crippen molar-refractivity contribution in [2.75, 3.05) is 14.2 Å². The van der Waals surface area contributed by atoms with E-state index in [9.17, 15) is 0 Å². The first kappa shape index (κ1) is 9.45. The molecule has 0 saturated carbocycles. The predicted molar refractivity (Wildman–Crippen MR) is 52.7 cm³/mol. The molecule has 0 aliphatic rings. The van der Waals surface area contributed by atoms with E-state index in [0.717, 1.165) is 11.1 Å². The molecule has 0 atom stereocenters. The summed E-state index contributed by atoms with van der Waals surface area (Å²) in [6.45, 7) is 0. The average Bonchev–Trinajstić information content (AvgIpc) is 2.81. The van der Waals surface area contributed by atoms with Crippen LogP contribution in [0.3, 0.4) is 0 Å². The maximum absolute atomic E-state index is 5.14. The number of nitrogens with one attached hydrogen (secondary N) is 1. The standard InChI is InChI=1S/C9H10N4O2/c1-14-8-7(6-3-11-12-4-6)5-10-9(13-8)15-2/h3-5H,1-2H3,(H,11,12). The summed E-state index contributed by atoms with van der Waals surface area (Å²) in [6, 6.07) is 0.277. The minimum absolute atomic E-state index is 0.277. The molecule has 0 aliphatic carbocycles. The number of H-pyrrole nitrogens is 1. The van der Waals surface area contributed by atoms with Crippen molar-refractivity contribution in [3.05, 3.63) is 18.6 Å². The fraction of sp³-hybridized carbons (Fsp3) is 0.222. The van der Waals surface area contributed by atoms with Crippen molar-refractivity contribution in [1.29, 1.82) is 0 Å². The summed E-state index contributed by atoms with van der Waals surface area (Å²) in [5, 5.41) is 6.56. The molecule has 0 bridgehead atoms. The fourth-order valence-corrected chi connectivity index (χ4v) is 1.20. The van der Waals surface area contributed by atoms with Gasteiger partial charge in [-0.1, -0.05) is 0 Å². The molecule has 2 aromatic heterocycles. The molecule has 0 fully saturated rings. The van der Waals surface area contributed by atoms with Gasteiger partial charge in [0.2, 0.25) is 5.88 Å². The van der Waals surface area contributed by atoms with Gasteiger partial charge in [0.05, 0.1) is 26.0 Å². The third kappa shape index (κ3) is 1.74. The van der Waals surface area contributed by atoms with E-state index in [2.05, 4.69) is 20.2 Å². The second-order valence-electron chi connectivity index (χ2n) is 2.77. The van der Waals surface area contributed by atoms with Gasteiger partial charge in [-0.05, 0) is 0 Å². The lowest BCUT2D eigenvalue weighted by molar-refractivity contribution is 0.353. The predicted octanol–water partition coefficient (Wildman–Crippen LogP) is 0.884. The zero-order chi connectivity index (χ0) is 10.7. The number of aromatic nitrogens is 4. The van der Waals surface area contributed by atoms with Crippen LogP contribution in [0.1, 0.15) is 0 Å². The second-order valence-corrected chi connectivity index (χ2v) is 2.77. The van der Waals surface area contributed by atoms with Gasteiger partial charge in [0.15, 0.2) is 0 Å². The first-order valence-electron chi connectivity index (χ1n) is 4.29. The van der Waals surface area contributed by atoms with E-state index in [0.29, 0.717) is 5.88 Å². The Hall–Kier alpha value is -2.11. The summed E-state index contributed by atoms with van der Waals surface area (Å²) in [6.07, 6.45) is 5.05. The summed E-state index contributed by atoms with van der Waals surface area (Å²) < 4.78 is 10.0. The monoisotopic (exact) mass is 206 g/mol. The third-order valence-corrected chi connectivity index (χ3v) is 1.92. The molecule has 6 heteroatoms. The van der Waals surface area contributed by atoms with E-state index in [1.54, 1.807) is 25.7 Å². The van der Waals surface area contributed by atoms with Crippen molar-refractivity contribution < 1.29 is 9.47 Å². The summed E-state index contributed by atoms with van der Waals surface area (Å²) in [5.74, 6) is 0.461. The van der Waals surface area contributed by atoms with Crippen molar-refractivity contribution >= 4 is 0 Å². The van der Waals surface area contributed by atoms with Crippen LogP contribution in [-0.4, -0.2) is 34.4 Å². The Kier molecular flexibility index (Phi) is 2.49. The maximum atomic E-state index is 5.14. The maximum Gasteiger partial charge on any atom is 0.319 e. The van der Waals surface area contributed by atoms with Crippen molar-refractivity contribution in [3.8, 4) is 23.0 Å². The van der Waals surface area contributed by atoms with Crippen molar-refractivity contribution in [2.45, 2.75) is 0 Å². The average molecular weight is 206 g/mol. The first-order valence-corrected chi connectivity index (χ1v) is 4.29. The number of methoxy groups -OCH3 is 2. The number of hydrogen-bond donors (Lipinski definition) is 1. The van der Waals surface area contributed by atoms with E-state index < -0.39 is 0 Å². The molecule has 78 valence electrons. The van der Waals surface area contributed by atoms with E-state index >= 15 is 0 Å². The molecular weight excluding hydrogens is 196 g/mol. The van der Waals surface area contributed by atoms with Crippen LogP contribution < -0.4 is 9.47 Å². The van der Waals surface area contributed by atoms with E-state index in [1.807, 2.05) is 0 Å². The fourth-order valence-electron chi connectivity index (χ4n) is 1.20. The van der Waals surface area contributed by atoms with Gasteiger partial charge in [0.25, 0.3) is 0 Å². The van der Waals surface area contributed by atoms with Crippen LogP contribution in [0.2, 0.25) is 0 Å². The molecule has 2 rings (SSSR count). The van der Waals surface area contributed by atoms with Crippen molar-refractivity contribution in [3.63, 3.8) is 0 Å². The lowest BCUT2D eigenvalue weighted by atomic mass is 10.2. The minimum Gasteiger partial charge on any atom is -0.480 e. The van der Waals surface area contributed by atoms with Gasteiger partial charge in [-0.25, -0.2) is 4.98 Å². The Bertz CT molecular complexity index is 441. The summed E-state index contributed by atoms with van der Waals surface area (Å²) in [4.78, 5) is 8.08. The van der Waals surface area contributed by atoms with Crippen LogP contribution in [0, 0.1) is 0 Å². The van der Waals surface area contributed by atoms with Crippen LogP contribution in [0.4, 0.5) is 0 Å². The van der Waals surface area contributed by atoms with Crippen LogP contribution in [0.5, 0.6) is 11.9 Å². The highest BCUT2D eigenvalue weighted by Gasteiger charge is 2.10. The molecule has 0 unspecified atom stereocenters. The van der Waals surface area contributed by atoms with Gasteiger partial charge in [0, 0.05) is 18.0 Å². The molecule has 1 N–H and O–H groups in total. The topological polar surface area (TPSA) is 72.9 Å². The number of nitrogens with zero attached hydrogens (tertiary/aromatic N) is 3. The second kappa shape index (κ2) is 3.95. The molecule has 0 amide bonds. The molecular formula is C9H10N4O2. The van der Waals surface area contributed by atoms with E-state index in [4.69, 9.17) is 9.47 Å². The summed E-state index contributed by atoms with van der Waals surface area (Å²) >= 11 is 0. The van der Waals surface area contributed by atoms with Crippen LogP contribution >= 0.6 is 0 Å². The molecule has 0 radical (unpaired) electrons. The lowest BCUT2D eigenvalue weighted by Gasteiger charge is -2.05. The number of rotatable bonds is 3. The Morgan fingerprint density at radius 1 is 1.20 bits per heavy atom. The lowest BCUT2D eigenvalue weighted by Crippen LogP contribution is -1.97. The van der Waals surface area contributed by atoms with Crippen LogP contribution in [-0.2, 0) is 0 Å². The Labute approximate surface area is 86.3 Å². The number of hydrogen-bond acceptors (Lipinski definition) is 5. The molecule has 2 heterocycles. The number of aromatic amines is 1. The van der Waals surface area contributed by atoms with Crippen LogP contribution in [0.15, 0.2) is 18.6 Å². The van der Waals surface area contributed by atoms with Gasteiger partial charge in [-0.2, -0.15) is 10.1 Å². The zero-order valence-corrected chi connectivity index (χ0v) is 8.39. The minimum atomic E-state index is 0.277. The smallest absolute Gasteiger partial charge is 0.319 e. The quantitative estimate of drug-likeness (QED) is 0.807. The zero-order valence-electron chi connectivity index (χ0n) is 8.39. The van der Waals surface area contributed by atoms with Gasteiger partial charge < -0.3 is 9.47 Å². The van der Waals surface area contributed by atoms with Crippen molar-refractivity contribution in [1.82, 2.24) is 20.2 Å². The Morgan fingerprint density at radius 2 is 2.07 bits per heavy atom. The molecule has 15 heavy (non-hydrogen) atoms. The van der Waals surface area contributed by atoms with Crippen molar-refractivity contribution in [2.24, 2.45) is 0 Å². The highest BCUT2D eigenvalue weighted by atomic mass is 16.5. The molecule has 0 aromatic carbocycles. The first-order chi connectivity index (χ1) is 7.35. The molecule has 2 aromatic rings. The highest BCUT2D eigenvalue weighted by molar-refractivity contribution is 5.66. The molecule has 0 aliphatic heterocycles. The molecule has 0 spiro atoms. The van der Waals surface area contributed by atoms with Gasteiger partial charge >= 0.3 is 6.01 Å². The Balaban J connectivity index is 2.48. The van der Waals surface area contributed by atoms with Gasteiger partial charge in [0.1, 0.15) is 0 Å².